The Hall–Kier alpha value is -2.41. The van der Waals surface area contributed by atoms with Gasteiger partial charge in [-0.1, -0.05) is 17.4 Å². The van der Waals surface area contributed by atoms with E-state index in [1.54, 1.807) is 38.2 Å². The quantitative estimate of drug-likeness (QED) is 0.848. The minimum absolute atomic E-state index is 0.256. The molecule has 2 aromatic rings. The van der Waals surface area contributed by atoms with Gasteiger partial charge in [0.05, 0.1) is 18.4 Å². The van der Waals surface area contributed by atoms with Crippen LogP contribution in [0.3, 0.4) is 0 Å². The number of aromatic nitrogens is 1. The fourth-order valence-corrected chi connectivity index (χ4v) is 2.56. The van der Waals surface area contributed by atoms with Crippen molar-refractivity contribution in [1.82, 2.24) is 4.98 Å². The van der Waals surface area contributed by atoms with Gasteiger partial charge in [0.2, 0.25) is 0 Å². The molecule has 0 fully saturated rings. The topological polar surface area (TPSA) is 80.3 Å². The molecule has 0 aliphatic carbocycles. The summed E-state index contributed by atoms with van der Waals surface area (Å²) in [7, 11) is 3.06. The van der Waals surface area contributed by atoms with Gasteiger partial charge in [0.25, 0.3) is 5.91 Å². The van der Waals surface area contributed by atoms with Gasteiger partial charge >= 0.3 is 5.97 Å². The highest BCUT2D eigenvalue weighted by Crippen LogP contribution is 2.23. The summed E-state index contributed by atoms with van der Waals surface area (Å²) >= 11 is 1.28. The first-order chi connectivity index (χ1) is 10.0. The minimum atomic E-state index is -0.447. The molecule has 0 aliphatic heterocycles. The molecule has 21 heavy (non-hydrogen) atoms. The normalized spacial score (nSPS) is 10.0. The molecule has 0 spiro atoms. The van der Waals surface area contributed by atoms with Crippen LogP contribution in [0.2, 0.25) is 0 Å². The highest BCUT2D eigenvalue weighted by atomic mass is 32.1. The number of thiazole rings is 1. The number of amides is 1. The van der Waals surface area contributed by atoms with Gasteiger partial charge in [0, 0.05) is 12.7 Å². The Bertz CT molecular complexity index is 682. The van der Waals surface area contributed by atoms with Crippen molar-refractivity contribution in [2.75, 3.05) is 24.8 Å². The van der Waals surface area contributed by atoms with Crippen molar-refractivity contribution in [3.63, 3.8) is 0 Å². The summed E-state index contributed by atoms with van der Waals surface area (Å²) in [5.41, 5.74) is 1.57. The molecule has 2 N–H and O–H groups in total. The van der Waals surface area contributed by atoms with Crippen molar-refractivity contribution < 1.29 is 14.3 Å². The van der Waals surface area contributed by atoms with Crippen LogP contribution < -0.4 is 10.6 Å². The Morgan fingerprint density at radius 1 is 1.33 bits per heavy atom. The van der Waals surface area contributed by atoms with E-state index in [1.165, 1.54) is 18.4 Å². The number of hydrogen-bond acceptors (Lipinski definition) is 6. The fraction of sp³-hybridized carbons (Fsp3) is 0.214. The Labute approximate surface area is 126 Å². The number of ether oxygens (including phenoxy) is 1. The van der Waals surface area contributed by atoms with Crippen LogP contribution in [0, 0.1) is 6.92 Å². The zero-order valence-corrected chi connectivity index (χ0v) is 12.7. The van der Waals surface area contributed by atoms with Crippen molar-refractivity contribution in [3.8, 4) is 0 Å². The van der Waals surface area contributed by atoms with Crippen LogP contribution in [0.25, 0.3) is 0 Å². The Kier molecular flexibility index (Phi) is 4.54. The van der Waals surface area contributed by atoms with Crippen molar-refractivity contribution in [2.45, 2.75) is 6.92 Å². The van der Waals surface area contributed by atoms with Crippen LogP contribution in [-0.4, -0.2) is 31.0 Å². The summed E-state index contributed by atoms with van der Waals surface area (Å²) in [5, 5.41) is 6.34. The molecule has 1 heterocycles. The first-order valence-electron chi connectivity index (χ1n) is 6.20. The van der Waals surface area contributed by atoms with Crippen molar-refractivity contribution in [3.05, 3.63) is 40.4 Å². The second kappa shape index (κ2) is 6.36. The molecule has 0 atom stereocenters. The number of rotatable bonds is 4. The predicted molar refractivity (Wildman–Crippen MR) is 82.1 cm³/mol. The number of carbonyl (C=O) groups is 2. The summed E-state index contributed by atoms with van der Waals surface area (Å²) < 4.78 is 4.65. The van der Waals surface area contributed by atoms with E-state index in [2.05, 4.69) is 20.4 Å². The first kappa shape index (κ1) is 15.0. The molecule has 1 aromatic heterocycles. The second-order valence-corrected chi connectivity index (χ2v) is 5.21. The smallest absolute Gasteiger partial charge is 0.337 e. The maximum Gasteiger partial charge on any atom is 0.337 e. The molecule has 0 aliphatic rings. The van der Waals surface area contributed by atoms with E-state index in [0.29, 0.717) is 27.0 Å². The maximum atomic E-state index is 12.2. The van der Waals surface area contributed by atoms with Gasteiger partial charge in [-0.15, -0.1) is 0 Å². The molecular formula is C14H15N3O3S. The molecule has 6 nitrogen and oxygen atoms in total. The van der Waals surface area contributed by atoms with Crippen molar-refractivity contribution >= 4 is 34.0 Å². The Morgan fingerprint density at radius 3 is 2.71 bits per heavy atom. The number of benzene rings is 1. The number of hydrogen-bond donors (Lipinski definition) is 2. The third kappa shape index (κ3) is 3.38. The Morgan fingerprint density at radius 2 is 2.10 bits per heavy atom. The maximum absolute atomic E-state index is 12.2. The largest absolute Gasteiger partial charge is 0.465 e. The number of nitrogens with one attached hydrogen (secondary N) is 2. The molecule has 0 saturated carbocycles. The molecular weight excluding hydrogens is 290 g/mol. The van der Waals surface area contributed by atoms with E-state index in [1.807, 2.05) is 0 Å². The monoisotopic (exact) mass is 305 g/mol. The van der Waals surface area contributed by atoms with Crippen molar-refractivity contribution in [1.29, 1.82) is 0 Å². The molecule has 1 aromatic carbocycles. The number of esters is 1. The summed E-state index contributed by atoms with van der Waals surface area (Å²) in [5.74, 6) is -0.703. The molecule has 1 amide bonds. The second-order valence-electron chi connectivity index (χ2n) is 4.21. The van der Waals surface area contributed by atoms with Crippen LogP contribution >= 0.6 is 11.3 Å². The average molecular weight is 305 g/mol. The van der Waals surface area contributed by atoms with Gasteiger partial charge in [-0.3, -0.25) is 4.79 Å². The lowest BCUT2D eigenvalue weighted by atomic mass is 10.2. The summed E-state index contributed by atoms with van der Waals surface area (Å²) in [6.45, 7) is 1.77. The third-order valence-corrected chi connectivity index (χ3v) is 3.93. The molecule has 0 unspecified atom stereocenters. The molecule has 2 rings (SSSR count). The lowest BCUT2D eigenvalue weighted by molar-refractivity contribution is 0.0600. The van der Waals surface area contributed by atoms with Crippen LogP contribution in [0.5, 0.6) is 0 Å². The van der Waals surface area contributed by atoms with E-state index >= 15 is 0 Å². The predicted octanol–water partition coefficient (Wildman–Crippen LogP) is 2.53. The highest BCUT2D eigenvalue weighted by Gasteiger charge is 2.15. The fourth-order valence-electron chi connectivity index (χ4n) is 1.74. The molecule has 7 heteroatoms. The van der Waals surface area contributed by atoms with E-state index in [4.69, 9.17) is 0 Å². The van der Waals surface area contributed by atoms with E-state index in [0.717, 1.165) is 0 Å². The number of anilines is 2. The number of methoxy groups -OCH3 is 1. The lowest BCUT2D eigenvalue weighted by Crippen LogP contribution is -2.12. The Balaban J connectivity index is 2.19. The van der Waals surface area contributed by atoms with E-state index in [-0.39, 0.29) is 5.91 Å². The average Bonchev–Trinajstić information content (AvgIpc) is 2.88. The van der Waals surface area contributed by atoms with E-state index < -0.39 is 5.97 Å². The first-order valence-corrected chi connectivity index (χ1v) is 7.01. The van der Waals surface area contributed by atoms with Crippen LogP contribution in [-0.2, 0) is 4.74 Å². The summed E-state index contributed by atoms with van der Waals surface area (Å²) in [4.78, 5) is 28.5. The summed E-state index contributed by atoms with van der Waals surface area (Å²) in [6, 6.07) is 6.58. The minimum Gasteiger partial charge on any atom is -0.465 e. The molecule has 0 bridgehead atoms. The highest BCUT2D eigenvalue weighted by molar-refractivity contribution is 7.17. The lowest BCUT2D eigenvalue weighted by Gasteiger charge is -2.05. The standard InChI is InChI=1S/C14H15N3O3S/c1-8-11(21-14(15-2)16-8)12(18)17-10-6-4-5-9(7-10)13(19)20-3/h4-7H,1-3H3,(H,15,16)(H,17,18). The van der Waals surface area contributed by atoms with Gasteiger partial charge in [-0.2, -0.15) is 0 Å². The number of aryl methyl sites for hydroxylation is 1. The number of carbonyl (C=O) groups excluding carboxylic acids is 2. The van der Waals surface area contributed by atoms with Gasteiger partial charge in [0.1, 0.15) is 4.88 Å². The van der Waals surface area contributed by atoms with Gasteiger partial charge in [-0.25, -0.2) is 9.78 Å². The van der Waals surface area contributed by atoms with Crippen LogP contribution in [0.4, 0.5) is 10.8 Å². The van der Waals surface area contributed by atoms with Gasteiger partial charge in [-0.05, 0) is 25.1 Å². The molecule has 110 valence electrons. The van der Waals surface area contributed by atoms with Gasteiger partial charge in [0.15, 0.2) is 5.13 Å². The number of nitrogens with zero attached hydrogens (tertiary/aromatic N) is 1. The molecule has 0 saturated heterocycles. The van der Waals surface area contributed by atoms with Crippen molar-refractivity contribution in [2.24, 2.45) is 0 Å². The SMILES string of the molecule is CNc1nc(C)c(C(=O)Nc2cccc(C(=O)OC)c2)s1. The third-order valence-electron chi connectivity index (χ3n) is 2.76. The van der Waals surface area contributed by atoms with Crippen LogP contribution in [0.1, 0.15) is 25.7 Å². The zero-order chi connectivity index (χ0) is 15.4. The summed E-state index contributed by atoms with van der Waals surface area (Å²) in [6.07, 6.45) is 0. The van der Waals surface area contributed by atoms with E-state index in [9.17, 15) is 9.59 Å². The van der Waals surface area contributed by atoms with Gasteiger partial charge < -0.3 is 15.4 Å². The zero-order valence-electron chi connectivity index (χ0n) is 11.9. The van der Waals surface area contributed by atoms with Crippen LogP contribution in [0.15, 0.2) is 24.3 Å². The molecule has 0 radical (unpaired) electrons.